The molecule has 0 amide bonds. The molecular weight excluding hydrogens is 292 g/mol. The number of likely N-dealkylation sites (tertiary alicyclic amines) is 1. The maximum absolute atomic E-state index is 3.73. The van der Waals surface area contributed by atoms with Crippen molar-refractivity contribution in [3.63, 3.8) is 0 Å². The molecule has 1 aliphatic heterocycles. The minimum atomic E-state index is 0.645. The second-order valence-corrected chi connectivity index (χ2v) is 9.46. The molecule has 2 fully saturated rings. The van der Waals surface area contributed by atoms with Crippen LogP contribution in [0.25, 0.3) is 0 Å². The predicted octanol–water partition coefficient (Wildman–Crippen LogP) is 5.47. The fourth-order valence-electron chi connectivity index (χ4n) is 4.96. The van der Waals surface area contributed by atoms with E-state index < -0.39 is 0 Å². The zero-order valence-electron chi connectivity index (χ0n) is 17.2. The Morgan fingerprint density at radius 1 is 0.958 bits per heavy atom. The van der Waals surface area contributed by atoms with Crippen LogP contribution in [0.3, 0.4) is 0 Å². The molecule has 0 spiro atoms. The van der Waals surface area contributed by atoms with E-state index in [0.29, 0.717) is 6.04 Å². The average molecular weight is 337 g/mol. The molecule has 2 heteroatoms. The summed E-state index contributed by atoms with van der Waals surface area (Å²) in [5.74, 6) is 2.80. The largest absolute Gasteiger partial charge is 0.312 e. The maximum Gasteiger partial charge on any atom is 0.00696 e. The fourth-order valence-corrected chi connectivity index (χ4v) is 4.96. The minimum absolute atomic E-state index is 0.645. The van der Waals surface area contributed by atoms with Gasteiger partial charge in [-0.1, -0.05) is 40.5 Å². The smallest absolute Gasteiger partial charge is 0.00696 e. The molecule has 0 aromatic heterocycles. The third-order valence-corrected chi connectivity index (χ3v) is 6.71. The van der Waals surface area contributed by atoms with E-state index >= 15 is 0 Å². The summed E-state index contributed by atoms with van der Waals surface area (Å²) >= 11 is 0. The van der Waals surface area contributed by atoms with Crippen LogP contribution in [0.2, 0.25) is 0 Å². The normalized spacial score (nSPS) is 30.9. The SMILES string of the molecule is CC(C)NC1CCC(CCCC(C)N2CCC[C@@H](C(C)C)C2)CC1. The van der Waals surface area contributed by atoms with Gasteiger partial charge in [0.25, 0.3) is 0 Å². The van der Waals surface area contributed by atoms with Crippen LogP contribution in [-0.4, -0.2) is 36.1 Å². The van der Waals surface area contributed by atoms with Gasteiger partial charge in [-0.25, -0.2) is 0 Å². The lowest BCUT2D eigenvalue weighted by atomic mass is 9.82. The van der Waals surface area contributed by atoms with Crippen LogP contribution in [0.5, 0.6) is 0 Å². The van der Waals surface area contributed by atoms with Crippen LogP contribution in [0.4, 0.5) is 0 Å². The number of hydrogen-bond donors (Lipinski definition) is 1. The van der Waals surface area contributed by atoms with Crippen LogP contribution >= 0.6 is 0 Å². The van der Waals surface area contributed by atoms with Gasteiger partial charge in [0.05, 0.1) is 0 Å². The van der Waals surface area contributed by atoms with Gasteiger partial charge in [-0.15, -0.1) is 0 Å². The van der Waals surface area contributed by atoms with Gasteiger partial charge < -0.3 is 10.2 Å². The Morgan fingerprint density at radius 3 is 2.29 bits per heavy atom. The monoisotopic (exact) mass is 336 g/mol. The molecule has 142 valence electrons. The van der Waals surface area contributed by atoms with E-state index in [1.807, 2.05) is 0 Å². The van der Waals surface area contributed by atoms with Crippen LogP contribution in [-0.2, 0) is 0 Å². The summed E-state index contributed by atoms with van der Waals surface area (Å²) in [7, 11) is 0. The first-order valence-electron chi connectivity index (χ1n) is 11.0. The lowest BCUT2D eigenvalue weighted by molar-refractivity contribution is 0.102. The first kappa shape index (κ1) is 20.2. The van der Waals surface area contributed by atoms with Gasteiger partial charge in [-0.05, 0) is 76.2 Å². The second-order valence-electron chi connectivity index (χ2n) is 9.46. The maximum atomic E-state index is 3.73. The molecule has 1 saturated heterocycles. The third kappa shape index (κ3) is 6.67. The number of nitrogens with zero attached hydrogens (tertiary/aromatic N) is 1. The van der Waals surface area contributed by atoms with E-state index in [4.69, 9.17) is 0 Å². The Labute approximate surface area is 152 Å². The molecule has 0 aromatic rings. The summed E-state index contributed by atoms with van der Waals surface area (Å²) in [5, 5.41) is 3.73. The molecule has 1 saturated carbocycles. The van der Waals surface area contributed by atoms with E-state index in [0.717, 1.165) is 29.8 Å². The van der Waals surface area contributed by atoms with Crippen LogP contribution in [0, 0.1) is 17.8 Å². The van der Waals surface area contributed by atoms with Crippen molar-refractivity contribution in [2.45, 2.75) is 111 Å². The standard InChI is InChI=1S/C22H44N2/c1-17(2)21-10-7-15-24(16-21)19(5)8-6-9-20-11-13-22(14-12-20)23-18(3)4/h17-23H,6-16H2,1-5H3/t19?,20?,21-,22?/m1/s1. The Morgan fingerprint density at radius 2 is 1.67 bits per heavy atom. The van der Waals surface area contributed by atoms with Crippen molar-refractivity contribution in [3.8, 4) is 0 Å². The highest BCUT2D eigenvalue weighted by Gasteiger charge is 2.26. The van der Waals surface area contributed by atoms with E-state index in [-0.39, 0.29) is 0 Å². The quantitative estimate of drug-likeness (QED) is 0.632. The summed E-state index contributed by atoms with van der Waals surface area (Å²) in [6.07, 6.45) is 12.9. The Bertz CT molecular complexity index is 331. The molecule has 1 unspecified atom stereocenters. The first-order valence-corrected chi connectivity index (χ1v) is 11.0. The van der Waals surface area contributed by atoms with Gasteiger partial charge in [-0.3, -0.25) is 0 Å². The van der Waals surface area contributed by atoms with E-state index in [2.05, 4.69) is 44.8 Å². The number of nitrogens with one attached hydrogen (secondary N) is 1. The van der Waals surface area contributed by atoms with Crippen molar-refractivity contribution >= 4 is 0 Å². The first-order chi connectivity index (χ1) is 11.5. The Hall–Kier alpha value is -0.0800. The summed E-state index contributed by atoms with van der Waals surface area (Å²) in [4.78, 5) is 2.79. The van der Waals surface area contributed by atoms with Gasteiger partial charge in [-0.2, -0.15) is 0 Å². The van der Waals surface area contributed by atoms with Gasteiger partial charge >= 0.3 is 0 Å². The molecule has 2 nitrogen and oxygen atoms in total. The van der Waals surface area contributed by atoms with E-state index in [9.17, 15) is 0 Å². The molecular formula is C22H44N2. The van der Waals surface area contributed by atoms with Crippen LogP contribution in [0.15, 0.2) is 0 Å². The number of rotatable bonds is 8. The lowest BCUT2D eigenvalue weighted by Crippen LogP contribution is -2.42. The van der Waals surface area contributed by atoms with E-state index in [1.165, 1.54) is 70.9 Å². The van der Waals surface area contributed by atoms with Gasteiger partial charge in [0, 0.05) is 24.7 Å². The Balaban J connectivity index is 1.60. The van der Waals surface area contributed by atoms with Crippen molar-refractivity contribution < 1.29 is 0 Å². The number of piperidine rings is 1. The fraction of sp³-hybridized carbons (Fsp3) is 1.00. The molecule has 2 rings (SSSR count). The highest BCUT2D eigenvalue weighted by molar-refractivity contribution is 4.81. The molecule has 1 heterocycles. The summed E-state index contributed by atoms with van der Waals surface area (Å²) in [6, 6.07) is 2.23. The summed E-state index contributed by atoms with van der Waals surface area (Å²) in [6.45, 7) is 14.5. The highest BCUT2D eigenvalue weighted by Crippen LogP contribution is 2.30. The van der Waals surface area contributed by atoms with Crippen LogP contribution in [0.1, 0.15) is 92.4 Å². The minimum Gasteiger partial charge on any atom is -0.312 e. The van der Waals surface area contributed by atoms with Crippen LogP contribution < -0.4 is 5.32 Å². The molecule has 0 bridgehead atoms. The molecule has 2 atom stereocenters. The molecule has 24 heavy (non-hydrogen) atoms. The van der Waals surface area contributed by atoms with Crippen molar-refractivity contribution in [2.24, 2.45) is 17.8 Å². The van der Waals surface area contributed by atoms with Crippen molar-refractivity contribution in [1.82, 2.24) is 10.2 Å². The predicted molar refractivity (Wildman–Crippen MR) is 106 cm³/mol. The average Bonchev–Trinajstić information content (AvgIpc) is 2.56. The van der Waals surface area contributed by atoms with E-state index in [1.54, 1.807) is 0 Å². The van der Waals surface area contributed by atoms with Gasteiger partial charge in [0.2, 0.25) is 0 Å². The van der Waals surface area contributed by atoms with Gasteiger partial charge in [0.1, 0.15) is 0 Å². The van der Waals surface area contributed by atoms with Crippen molar-refractivity contribution in [1.29, 1.82) is 0 Å². The van der Waals surface area contributed by atoms with Crippen molar-refractivity contribution in [2.75, 3.05) is 13.1 Å². The molecule has 0 radical (unpaired) electrons. The topological polar surface area (TPSA) is 15.3 Å². The molecule has 2 aliphatic rings. The molecule has 1 N–H and O–H groups in total. The zero-order chi connectivity index (χ0) is 17.5. The Kier molecular flexibility index (Phi) is 8.57. The molecule has 1 aliphatic carbocycles. The highest BCUT2D eigenvalue weighted by atomic mass is 15.2. The second kappa shape index (κ2) is 10.2. The summed E-state index contributed by atoms with van der Waals surface area (Å²) < 4.78 is 0. The van der Waals surface area contributed by atoms with Gasteiger partial charge in [0.15, 0.2) is 0 Å². The molecule has 0 aromatic carbocycles. The zero-order valence-corrected chi connectivity index (χ0v) is 17.2. The van der Waals surface area contributed by atoms with Crippen molar-refractivity contribution in [3.05, 3.63) is 0 Å². The third-order valence-electron chi connectivity index (χ3n) is 6.71. The summed E-state index contributed by atoms with van der Waals surface area (Å²) in [5.41, 5.74) is 0. The lowest BCUT2D eigenvalue weighted by Gasteiger charge is -2.38. The number of hydrogen-bond acceptors (Lipinski definition) is 2.